The molecule has 1 heterocycles. The lowest BCUT2D eigenvalue weighted by atomic mass is 9.97. The van der Waals surface area contributed by atoms with Crippen LogP contribution in [0.1, 0.15) is 12.8 Å². The third-order valence-electron chi connectivity index (χ3n) is 3.92. The number of morpholine rings is 1. The molecule has 3 nitrogen and oxygen atoms in total. The molecular weight excluding hydrogens is 306 g/mol. The summed E-state index contributed by atoms with van der Waals surface area (Å²) in [4.78, 5) is 0. The molecule has 1 aliphatic heterocycles. The maximum absolute atomic E-state index is 5.95. The molecule has 2 unspecified atom stereocenters. The third-order valence-corrected chi connectivity index (χ3v) is 4.45. The van der Waals surface area contributed by atoms with Crippen molar-refractivity contribution in [3.8, 4) is 5.75 Å². The second kappa shape index (κ2) is 6.25. The van der Waals surface area contributed by atoms with E-state index in [4.69, 9.17) is 9.47 Å². The van der Waals surface area contributed by atoms with Crippen LogP contribution in [-0.4, -0.2) is 32.4 Å². The molecule has 104 valence electrons. The largest absolute Gasteiger partial charge is 0.493 e. The minimum Gasteiger partial charge on any atom is -0.493 e. The van der Waals surface area contributed by atoms with Crippen molar-refractivity contribution >= 4 is 15.9 Å². The number of benzene rings is 1. The molecule has 0 aromatic heterocycles. The molecule has 3 rings (SSSR count). The Balaban J connectivity index is 1.57. The van der Waals surface area contributed by atoms with Gasteiger partial charge in [-0.15, -0.1) is 0 Å². The molecule has 1 saturated carbocycles. The second-order valence-electron chi connectivity index (χ2n) is 5.38. The van der Waals surface area contributed by atoms with Gasteiger partial charge in [0, 0.05) is 23.5 Å². The number of nitrogens with one attached hydrogen (secondary N) is 1. The van der Waals surface area contributed by atoms with E-state index in [2.05, 4.69) is 21.2 Å². The molecule has 19 heavy (non-hydrogen) atoms. The fourth-order valence-electron chi connectivity index (χ4n) is 2.66. The summed E-state index contributed by atoms with van der Waals surface area (Å²) in [5.41, 5.74) is 0. The molecule has 2 atom stereocenters. The van der Waals surface area contributed by atoms with Gasteiger partial charge in [0.1, 0.15) is 5.75 Å². The Labute approximate surface area is 122 Å². The van der Waals surface area contributed by atoms with Crippen LogP contribution in [0.2, 0.25) is 0 Å². The summed E-state index contributed by atoms with van der Waals surface area (Å²) in [6, 6.07) is 8.04. The highest BCUT2D eigenvalue weighted by Gasteiger charge is 2.38. The molecule has 1 aliphatic carbocycles. The Bertz CT molecular complexity index is 399. The van der Waals surface area contributed by atoms with Crippen molar-refractivity contribution in [3.63, 3.8) is 0 Å². The van der Waals surface area contributed by atoms with Crippen molar-refractivity contribution in [1.29, 1.82) is 0 Å². The molecule has 1 aromatic carbocycles. The van der Waals surface area contributed by atoms with Crippen LogP contribution in [0.4, 0.5) is 0 Å². The standard InChI is InChI=1S/C15H20BrNO2/c16-12-3-5-13(6-4-12)19-10-14(11-1-2-11)15-9-17-7-8-18-15/h3-6,11,14-15,17H,1-2,7-10H2. The fraction of sp³-hybridized carbons (Fsp3) is 0.600. The number of halogens is 1. The zero-order valence-electron chi connectivity index (χ0n) is 11.0. The summed E-state index contributed by atoms with van der Waals surface area (Å²) in [6.45, 7) is 3.52. The molecule has 0 amide bonds. The summed E-state index contributed by atoms with van der Waals surface area (Å²) >= 11 is 3.44. The van der Waals surface area contributed by atoms with Crippen LogP contribution < -0.4 is 10.1 Å². The number of hydrogen-bond donors (Lipinski definition) is 1. The zero-order chi connectivity index (χ0) is 13.1. The van der Waals surface area contributed by atoms with Crippen molar-refractivity contribution in [2.75, 3.05) is 26.3 Å². The van der Waals surface area contributed by atoms with Gasteiger partial charge in [0.05, 0.1) is 19.3 Å². The minimum atomic E-state index is 0.316. The molecule has 4 heteroatoms. The van der Waals surface area contributed by atoms with Gasteiger partial charge in [-0.3, -0.25) is 0 Å². The number of ether oxygens (including phenoxy) is 2. The van der Waals surface area contributed by atoms with Crippen LogP contribution in [-0.2, 0) is 4.74 Å². The average Bonchev–Trinajstić information content (AvgIpc) is 3.27. The quantitative estimate of drug-likeness (QED) is 0.903. The van der Waals surface area contributed by atoms with Gasteiger partial charge in [-0.25, -0.2) is 0 Å². The van der Waals surface area contributed by atoms with Gasteiger partial charge in [0.25, 0.3) is 0 Å². The van der Waals surface area contributed by atoms with Crippen LogP contribution in [0.3, 0.4) is 0 Å². The summed E-state index contributed by atoms with van der Waals surface area (Å²) in [5.74, 6) is 2.26. The summed E-state index contributed by atoms with van der Waals surface area (Å²) in [5, 5.41) is 3.42. The van der Waals surface area contributed by atoms with Gasteiger partial charge < -0.3 is 14.8 Å². The molecule has 1 saturated heterocycles. The van der Waals surface area contributed by atoms with Crippen LogP contribution in [0.15, 0.2) is 28.7 Å². The van der Waals surface area contributed by atoms with E-state index >= 15 is 0 Å². The maximum Gasteiger partial charge on any atom is 0.119 e. The maximum atomic E-state index is 5.95. The Hall–Kier alpha value is -0.580. The van der Waals surface area contributed by atoms with Gasteiger partial charge >= 0.3 is 0 Å². The predicted octanol–water partition coefficient (Wildman–Crippen LogP) is 2.84. The molecule has 2 aliphatic rings. The van der Waals surface area contributed by atoms with Crippen LogP contribution >= 0.6 is 15.9 Å². The lowest BCUT2D eigenvalue weighted by Gasteiger charge is -2.31. The van der Waals surface area contributed by atoms with Crippen LogP contribution in [0.5, 0.6) is 5.75 Å². The first-order chi connectivity index (χ1) is 9.33. The van der Waals surface area contributed by atoms with E-state index in [1.165, 1.54) is 12.8 Å². The average molecular weight is 326 g/mol. The molecule has 1 aromatic rings. The fourth-order valence-corrected chi connectivity index (χ4v) is 2.92. The third kappa shape index (κ3) is 3.71. The smallest absolute Gasteiger partial charge is 0.119 e. The molecule has 0 radical (unpaired) electrons. The van der Waals surface area contributed by atoms with Gasteiger partial charge in [-0.2, -0.15) is 0 Å². The predicted molar refractivity (Wildman–Crippen MR) is 78.5 cm³/mol. The normalized spacial score (nSPS) is 25.0. The van der Waals surface area contributed by atoms with Crippen LogP contribution in [0.25, 0.3) is 0 Å². The Morgan fingerprint density at radius 3 is 2.74 bits per heavy atom. The van der Waals surface area contributed by atoms with E-state index in [0.717, 1.165) is 42.4 Å². The van der Waals surface area contributed by atoms with Crippen molar-refractivity contribution < 1.29 is 9.47 Å². The lowest BCUT2D eigenvalue weighted by molar-refractivity contribution is -0.0283. The van der Waals surface area contributed by atoms with Crippen molar-refractivity contribution in [2.45, 2.75) is 18.9 Å². The summed E-state index contributed by atoms with van der Waals surface area (Å²) < 4.78 is 12.9. The first-order valence-electron chi connectivity index (χ1n) is 7.03. The molecule has 0 bridgehead atoms. The van der Waals surface area contributed by atoms with Crippen molar-refractivity contribution in [1.82, 2.24) is 5.32 Å². The zero-order valence-corrected chi connectivity index (χ0v) is 12.6. The first kappa shape index (κ1) is 13.4. The highest BCUT2D eigenvalue weighted by atomic mass is 79.9. The molecule has 2 fully saturated rings. The summed E-state index contributed by atoms with van der Waals surface area (Å²) in [6.07, 6.45) is 2.97. The van der Waals surface area contributed by atoms with E-state index in [-0.39, 0.29) is 0 Å². The Morgan fingerprint density at radius 1 is 1.32 bits per heavy atom. The lowest BCUT2D eigenvalue weighted by Crippen LogP contribution is -2.45. The molecule has 1 N–H and O–H groups in total. The topological polar surface area (TPSA) is 30.5 Å². The van der Waals surface area contributed by atoms with E-state index in [1.807, 2.05) is 24.3 Å². The van der Waals surface area contributed by atoms with Crippen molar-refractivity contribution in [3.05, 3.63) is 28.7 Å². The van der Waals surface area contributed by atoms with E-state index in [9.17, 15) is 0 Å². The van der Waals surface area contributed by atoms with Crippen LogP contribution in [0, 0.1) is 11.8 Å². The molecule has 0 spiro atoms. The Morgan fingerprint density at radius 2 is 2.11 bits per heavy atom. The minimum absolute atomic E-state index is 0.316. The van der Waals surface area contributed by atoms with Gasteiger partial charge in [0.2, 0.25) is 0 Å². The van der Waals surface area contributed by atoms with Gasteiger partial charge in [0.15, 0.2) is 0 Å². The monoisotopic (exact) mass is 325 g/mol. The highest BCUT2D eigenvalue weighted by molar-refractivity contribution is 9.10. The van der Waals surface area contributed by atoms with E-state index < -0.39 is 0 Å². The van der Waals surface area contributed by atoms with Crippen molar-refractivity contribution in [2.24, 2.45) is 11.8 Å². The second-order valence-corrected chi connectivity index (χ2v) is 6.30. The first-order valence-corrected chi connectivity index (χ1v) is 7.83. The SMILES string of the molecule is Brc1ccc(OCC(C2CC2)C2CNCCO2)cc1. The highest BCUT2D eigenvalue weighted by Crippen LogP contribution is 2.39. The van der Waals surface area contributed by atoms with Gasteiger partial charge in [-0.05, 0) is 43.0 Å². The Kier molecular flexibility index (Phi) is 4.41. The summed E-state index contributed by atoms with van der Waals surface area (Å²) in [7, 11) is 0. The van der Waals surface area contributed by atoms with E-state index in [1.54, 1.807) is 0 Å². The number of rotatable bonds is 5. The van der Waals surface area contributed by atoms with Gasteiger partial charge in [-0.1, -0.05) is 15.9 Å². The number of hydrogen-bond acceptors (Lipinski definition) is 3. The van der Waals surface area contributed by atoms with E-state index in [0.29, 0.717) is 12.0 Å². The molecular formula is C15H20BrNO2.